The fourth-order valence-corrected chi connectivity index (χ4v) is 2.54. The van der Waals surface area contributed by atoms with Gasteiger partial charge in [-0.15, -0.1) is 0 Å². The first-order chi connectivity index (χ1) is 9.08. The van der Waals surface area contributed by atoms with E-state index in [1.807, 2.05) is 12.5 Å². The van der Waals surface area contributed by atoms with Gasteiger partial charge in [-0.25, -0.2) is 4.98 Å². The van der Waals surface area contributed by atoms with Gasteiger partial charge in [0, 0.05) is 31.4 Å². The van der Waals surface area contributed by atoms with Gasteiger partial charge in [0.2, 0.25) is 0 Å². The van der Waals surface area contributed by atoms with E-state index >= 15 is 0 Å². The van der Waals surface area contributed by atoms with Crippen LogP contribution >= 0.6 is 0 Å². The summed E-state index contributed by atoms with van der Waals surface area (Å²) in [6, 6.07) is 1.33. The highest BCUT2D eigenvalue weighted by atomic mass is 15.1. The van der Waals surface area contributed by atoms with Crippen LogP contribution in [-0.4, -0.2) is 41.1 Å². The minimum absolute atomic E-state index is 0.609. The first-order valence-corrected chi connectivity index (χ1v) is 7.45. The first-order valence-electron chi connectivity index (χ1n) is 7.45. The van der Waals surface area contributed by atoms with Gasteiger partial charge in [0.25, 0.3) is 0 Å². The molecule has 0 saturated heterocycles. The molecule has 0 aliphatic heterocycles. The van der Waals surface area contributed by atoms with Crippen LogP contribution in [-0.2, 0) is 6.54 Å². The van der Waals surface area contributed by atoms with Crippen molar-refractivity contribution in [2.24, 2.45) is 5.92 Å². The second-order valence-electron chi connectivity index (χ2n) is 6.40. The molecule has 0 amide bonds. The Kier molecular flexibility index (Phi) is 4.99. The van der Waals surface area contributed by atoms with E-state index < -0.39 is 0 Å². The van der Waals surface area contributed by atoms with Crippen molar-refractivity contribution in [1.29, 1.82) is 0 Å². The Morgan fingerprint density at radius 3 is 2.74 bits per heavy atom. The van der Waals surface area contributed by atoms with Crippen LogP contribution in [0, 0.1) is 5.92 Å². The molecule has 1 heterocycles. The number of hydrogen-bond donors (Lipinski definition) is 1. The zero-order chi connectivity index (χ0) is 13.8. The quantitative estimate of drug-likeness (QED) is 0.782. The third kappa shape index (κ3) is 4.32. The van der Waals surface area contributed by atoms with Gasteiger partial charge >= 0.3 is 0 Å². The maximum absolute atomic E-state index is 4.28. The molecule has 1 aromatic rings. The topological polar surface area (TPSA) is 33.1 Å². The SMILES string of the molecule is CC(C)CC(CNCc1cncn1C1CC1)N(C)C. The van der Waals surface area contributed by atoms with Crippen LogP contribution in [0.2, 0.25) is 0 Å². The molecule has 1 aliphatic carbocycles. The van der Waals surface area contributed by atoms with Crippen LogP contribution in [0.1, 0.15) is 44.8 Å². The van der Waals surface area contributed by atoms with Gasteiger partial charge in [-0.2, -0.15) is 0 Å². The van der Waals surface area contributed by atoms with Gasteiger partial charge in [0.1, 0.15) is 0 Å². The van der Waals surface area contributed by atoms with Crippen LogP contribution in [0.15, 0.2) is 12.5 Å². The number of imidazole rings is 1. The first kappa shape index (κ1) is 14.5. The Hall–Kier alpha value is -0.870. The van der Waals surface area contributed by atoms with Crippen molar-refractivity contribution < 1.29 is 0 Å². The zero-order valence-electron chi connectivity index (χ0n) is 12.8. The molecule has 19 heavy (non-hydrogen) atoms. The number of hydrogen-bond acceptors (Lipinski definition) is 3. The summed E-state index contributed by atoms with van der Waals surface area (Å²) in [5.74, 6) is 0.742. The number of likely N-dealkylation sites (N-methyl/N-ethyl adjacent to an activating group) is 1. The van der Waals surface area contributed by atoms with Crippen molar-refractivity contribution in [3.8, 4) is 0 Å². The predicted octanol–water partition coefficient (Wildman–Crippen LogP) is 2.28. The summed E-state index contributed by atoms with van der Waals surface area (Å²) in [5, 5.41) is 3.60. The van der Waals surface area contributed by atoms with Crippen molar-refractivity contribution in [1.82, 2.24) is 19.8 Å². The molecule has 1 aliphatic rings. The third-order valence-electron chi connectivity index (χ3n) is 3.85. The Bertz CT molecular complexity index is 379. The highest BCUT2D eigenvalue weighted by molar-refractivity contribution is 5.03. The summed E-state index contributed by atoms with van der Waals surface area (Å²) in [5.41, 5.74) is 1.32. The van der Waals surface area contributed by atoms with Crippen molar-refractivity contribution in [3.63, 3.8) is 0 Å². The van der Waals surface area contributed by atoms with Gasteiger partial charge in [0.15, 0.2) is 0 Å². The summed E-state index contributed by atoms with van der Waals surface area (Å²) in [7, 11) is 4.34. The van der Waals surface area contributed by atoms with E-state index in [0.717, 1.165) is 25.0 Å². The van der Waals surface area contributed by atoms with Gasteiger partial charge in [-0.05, 0) is 39.3 Å². The minimum atomic E-state index is 0.609. The third-order valence-corrected chi connectivity index (χ3v) is 3.85. The molecule has 0 aromatic carbocycles. The molecular formula is C15H28N4. The molecule has 1 saturated carbocycles. The van der Waals surface area contributed by atoms with E-state index in [1.165, 1.54) is 25.0 Å². The number of rotatable bonds is 8. The summed E-state index contributed by atoms with van der Waals surface area (Å²) in [6.45, 7) is 6.55. The lowest BCUT2D eigenvalue weighted by molar-refractivity contribution is 0.246. The van der Waals surface area contributed by atoms with E-state index in [-0.39, 0.29) is 0 Å². The smallest absolute Gasteiger partial charge is 0.0951 e. The van der Waals surface area contributed by atoms with Gasteiger partial charge in [-0.1, -0.05) is 13.8 Å². The largest absolute Gasteiger partial charge is 0.330 e. The standard InChI is InChI=1S/C15H28N4/c1-12(2)7-14(18(3)4)8-16-9-15-10-17-11-19(15)13-5-6-13/h10-14,16H,5-9H2,1-4H3. The van der Waals surface area contributed by atoms with Crippen LogP contribution in [0.4, 0.5) is 0 Å². The average Bonchev–Trinajstić information content (AvgIpc) is 3.07. The maximum Gasteiger partial charge on any atom is 0.0951 e. The van der Waals surface area contributed by atoms with E-state index in [0.29, 0.717) is 6.04 Å². The Morgan fingerprint density at radius 1 is 1.42 bits per heavy atom. The maximum atomic E-state index is 4.28. The molecule has 1 fully saturated rings. The van der Waals surface area contributed by atoms with Gasteiger partial charge < -0.3 is 14.8 Å². The lowest BCUT2D eigenvalue weighted by Gasteiger charge is -2.26. The second kappa shape index (κ2) is 6.53. The summed E-state index contributed by atoms with van der Waals surface area (Å²) < 4.78 is 2.33. The molecule has 1 aromatic heterocycles. The average molecular weight is 264 g/mol. The molecule has 1 unspecified atom stereocenters. The van der Waals surface area contributed by atoms with Crippen LogP contribution in [0.5, 0.6) is 0 Å². The Labute approximate surface area is 117 Å². The number of aromatic nitrogens is 2. The molecule has 108 valence electrons. The number of nitrogens with one attached hydrogen (secondary N) is 1. The highest BCUT2D eigenvalue weighted by Crippen LogP contribution is 2.35. The molecule has 4 heteroatoms. The van der Waals surface area contributed by atoms with Crippen LogP contribution in [0.3, 0.4) is 0 Å². The Morgan fingerprint density at radius 2 is 2.16 bits per heavy atom. The molecule has 0 radical (unpaired) electrons. The van der Waals surface area contributed by atoms with Crippen molar-refractivity contribution in [3.05, 3.63) is 18.2 Å². The normalized spacial score (nSPS) is 17.4. The highest BCUT2D eigenvalue weighted by Gasteiger charge is 2.25. The molecule has 1 atom stereocenters. The zero-order valence-corrected chi connectivity index (χ0v) is 12.8. The van der Waals surface area contributed by atoms with E-state index in [4.69, 9.17) is 0 Å². The summed E-state index contributed by atoms with van der Waals surface area (Å²) in [4.78, 5) is 6.60. The van der Waals surface area contributed by atoms with Crippen molar-refractivity contribution in [2.75, 3.05) is 20.6 Å². The van der Waals surface area contributed by atoms with Crippen LogP contribution in [0.25, 0.3) is 0 Å². The monoisotopic (exact) mass is 264 g/mol. The predicted molar refractivity (Wildman–Crippen MR) is 79.1 cm³/mol. The van der Waals surface area contributed by atoms with E-state index in [9.17, 15) is 0 Å². The molecular weight excluding hydrogens is 236 g/mol. The molecule has 2 rings (SSSR count). The van der Waals surface area contributed by atoms with Crippen molar-refractivity contribution in [2.45, 2.75) is 51.7 Å². The molecule has 1 N–H and O–H groups in total. The molecule has 0 bridgehead atoms. The van der Waals surface area contributed by atoms with Crippen LogP contribution < -0.4 is 5.32 Å². The lowest BCUT2D eigenvalue weighted by Crippen LogP contribution is -2.38. The molecule has 4 nitrogen and oxygen atoms in total. The molecule has 0 spiro atoms. The van der Waals surface area contributed by atoms with Gasteiger partial charge in [-0.3, -0.25) is 0 Å². The van der Waals surface area contributed by atoms with Crippen molar-refractivity contribution >= 4 is 0 Å². The fourth-order valence-electron chi connectivity index (χ4n) is 2.54. The van der Waals surface area contributed by atoms with Gasteiger partial charge in [0.05, 0.1) is 12.0 Å². The second-order valence-corrected chi connectivity index (χ2v) is 6.40. The fraction of sp³-hybridized carbons (Fsp3) is 0.800. The van der Waals surface area contributed by atoms with E-state index in [1.54, 1.807) is 0 Å². The lowest BCUT2D eigenvalue weighted by atomic mass is 10.0. The Balaban J connectivity index is 1.79. The summed E-state index contributed by atoms with van der Waals surface area (Å²) in [6.07, 6.45) is 7.85. The minimum Gasteiger partial charge on any atom is -0.330 e. The van der Waals surface area contributed by atoms with E-state index in [2.05, 4.69) is 47.7 Å². The number of nitrogens with zero attached hydrogens (tertiary/aromatic N) is 3. The summed E-state index contributed by atoms with van der Waals surface area (Å²) >= 11 is 0.